The standard InChI is InChI=1S/C5H5BF2N2/c1-4-2-9-3-5(10-4)6(7)8/h2-3H,1H3. The highest BCUT2D eigenvalue weighted by molar-refractivity contribution is 6.58. The number of aryl methyl sites for hydroxylation is 1. The van der Waals surface area contributed by atoms with Crippen LogP contribution in [0.1, 0.15) is 5.69 Å². The van der Waals surface area contributed by atoms with Crippen molar-refractivity contribution in [1.29, 1.82) is 0 Å². The third-order valence-electron chi connectivity index (χ3n) is 0.997. The molecule has 0 aliphatic carbocycles. The number of nitrogens with zero attached hydrogens (tertiary/aromatic N) is 2. The van der Waals surface area contributed by atoms with Crippen LogP contribution in [0.5, 0.6) is 0 Å². The van der Waals surface area contributed by atoms with Crippen molar-refractivity contribution in [3.63, 3.8) is 0 Å². The van der Waals surface area contributed by atoms with E-state index in [2.05, 4.69) is 9.97 Å². The molecule has 0 saturated heterocycles. The van der Waals surface area contributed by atoms with Crippen molar-refractivity contribution < 1.29 is 8.63 Å². The Bertz CT molecular complexity index is 229. The van der Waals surface area contributed by atoms with Crippen molar-refractivity contribution >= 4 is 12.9 Å². The number of hydrogen-bond acceptors (Lipinski definition) is 2. The van der Waals surface area contributed by atoms with E-state index in [9.17, 15) is 8.63 Å². The average Bonchev–Trinajstić information content (AvgIpc) is 1.88. The highest BCUT2D eigenvalue weighted by Crippen LogP contribution is 1.87. The Kier molecular flexibility index (Phi) is 1.94. The predicted molar refractivity (Wildman–Crippen MR) is 34.4 cm³/mol. The number of halogens is 2. The summed E-state index contributed by atoms with van der Waals surface area (Å²) in [6.07, 6.45) is 2.50. The lowest BCUT2D eigenvalue weighted by molar-refractivity contribution is 0.680. The summed E-state index contributed by atoms with van der Waals surface area (Å²) in [5.41, 5.74) is 0.248. The Morgan fingerprint density at radius 3 is 2.50 bits per heavy atom. The number of rotatable bonds is 1. The van der Waals surface area contributed by atoms with E-state index in [0.29, 0.717) is 5.69 Å². The van der Waals surface area contributed by atoms with Crippen LogP contribution in [-0.2, 0) is 0 Å². The second-order valence-corrected chi connectivity index (χ2v) is 1.89. The van der Waals surface area contributed by atoms with Crippen LogP contribution >= 0.6 is 0 Å². The molecule has 0 bridgehead atoms. The van der Waals surface area contributed by atoms with Crippen molar-refractivity contribution in [2.45, 2.75) is 6.92 Å². The molecule has 0 aromatic carbocycles. The smallest absolute Gasteiger partial charge is 0.279 e. The Morgan fingerprint density at radius 1 is 1.40 bits per heavy atom. The third-order valence-corrected chi connectivity index (χ3v) is 0.997. The van der Waals surface area contributed by atoms with Gasteiger partial charge < -0.3 is 0 Å². The maximum absolute atomic E-state index is 11.8. The third kappa shape index (κ3) is 1.49. The van der Waals surface area contributed by atoms with Crippen molar-refractivity contribution in [3.05, 3.63) is 18.1 Å². The topological polar surface area (TPSA) is 25.8 Å². The second kappa shape index (κ2) is 2.73. The summed E-state index contributed by atoms with van der Waals surface area (Å²) in [7, 11) is -2.52. The monoisotopic (exact) mass is 142 g/mol. The molecule has 0 amide bonds. The molecule has 1 heterocycles. The molecule has 0 atom stereocenters. The van der Waals surface area contributed by atoms with Crippen LogP contribution in [0.2, 0.25) is 0 Å². The van der Waals surface area contributed by atoms with Crippen LogP contribution in [0.15, 0.2) is 12.4 Å². The predicted octanol–water partition coefficient (Wildman–Crippen LogP) is 0.419. The Balaban J connectivity index is 2.96. The maximum Gasteiger partial charge on any atom is 0.592 e. The Morgan fingerprint density at radius 2 is 2.10 bits per heavy atom. The fraction of sp³-hybridized carbons (Fsp3) is 0.200. The van der Waals surface area contributed by atoms with Gasteiger partial charge in [0.05, 0.1) is 11.3 Å². The maximum atomic E-state index is 11.8. The van der Waals surface area contributed by atoms with Gasteiger partial charge in [0.1, 0.15) is 0 Å². The molecule has 0 aliphatic heterocycles. The zero-order chi connectivity index (χ0) is 7.56. The molecule has 0 N–H and O–H groups in total. The SMILES string of the molecule is Cc1cncc(B(F)F)n1. The minimum absolute atomic E-state index is 0.264. The molecular weight excluding hydrogens is 137 g/mol. The van der Waals surface area contributed by atoms with E-state index in [4.69, 9.17) is 0 Å². The first-order valence-electron chi connectivity index (χ1n) is 2.77. The van der Waals surface area contributed by atoms with Gasteiger partial charge in [0.25, 0.3) is 0 Å². The van der Waals surface area contributed by atoms with Crippen LogP contribution in [0.3, 0.4) is 0 Å². The first kappa shape index (κ1) is 7.12. The van der Waals surface area contributed by atoms with Gasteiger partial charge in [-0.1, -0.05) is 0 Å². The van der Waals surface area contributed by atoms with Gasteiger partial charge in [-0.05, 0) is 6.92 Å². The minimum Gasteiger partial charge on any atom is -0.279 e. The van der Waals surface area contributed by atoms with Gasteiger partial charge >= 0.3 is 7.27 Å². The van der Waals surface area contributed by atoms with Crippen molar-refractivity contribution in [2.24, 2.45) is 0 Å². The Hall–Kier alpha value is -0.995. The summed E-state index contributed by atoms with van der Waals surface area (Å²) in [5.74, 6) is 0. The molecule has 1 aromatic heterocycles. The van der Waals surface area contributed by atoms with E-state index >= 15 is 0 Å². The van der Waals surface area contributed by atoms with Crippen LogP contribution in [-0.4, -0.2) is 17.2 Å². The summed E-state index contributed by atoms with van der Waals surface area (Å²) < 4.78 is 23.7. The minimum atomic E-state index is -2.52. The van der Waals surface area contributed by atoms with Crippen LogP contribution in [0.4, 0.5) is 8.63 Å². The zero-order valence-electron chi connectivity index (χ0n) is 5.38. The zero-order valence-corrected chi connectivity index (χ0v) is 5.38. The van der Waals surface area contributed by atoms with Crippen molar-refractivity contribution in [3.8, 4) is 0 Å². The van der Waals surface area contributed by atoms with Gasteiger partial charge in [0.15, 0.2) is 0 Å². The van der Waals surface area contributed by atoms with E-state index in [1.165, 1.54) is 6.20 Å². The van der Waals surface area contributed by atoms with E-state index in [1.54, 1.807) is 6.92 Å². The highest BCUT2D eigenvalue weighted by Gasteiger charge is 2.17. The molecule has 5 heteroatoms. The lowest BCUT2D eigenvalue weighted by Gasteiger charge is -1.93. The lowest BCUT2D eigenvalue weighted by Crippen LogP contribution is -2.25. The number of hydrogen-bond donors (Lipinski definition) is 0. The number of aromatic nitrogens is 2. The van der Waals surface area contributed by atoms with E-state index in [1.807, 2.05) is 0 Å². The van der Waals surface area contributed by atoms with Gasteiger partial charge in [-0.3, -0.25) is 18.6 Å². The fourth-order valence-corrected chi connectivity index (χ4v) is 0.588. The van der Waals surface area contributed by atoms with Crippen LogP contribution in [0.25, 0.3) is 0 Å². The lowest BCUT2D eigenvalue weighted by atomic mass is 9.94. The van der Waals surface area contributed by atoms with Gasteiger partial charge in [-0.15, -0.1) is 0 Å². The molecule has 0 spiro atoms. The molecule has 10 heavy (non-hydrogen) atoms. The molecule has 0 fully saturated rings. The van der Waals surface area contributed by atoms with Crippen molar-refractivity contribution in [2.75, 3.05) is 0 Å². The van der Waals surface area contributed by atoms with Gasteiger partial charge in [0.2, 0.25) is 0 Å². The quantitative estimate of drug-likeness (QED) is 0.531. The second-order valence-electron chi connectivity index (χ2n) is 1.89. The van der Waals surface area contributed by atoms with Crippen LogP contribution in [0, 0.1) is 6.92 Å². The molecule has 0 saturated carbocycles. The summed E-state index contributed by atoms with van der Waals surface area (Å²) in [5, 5.41) is 0. The first-order chi connectivity index (χ1) is 4.70. The average molecular weight is 142 g/mol. The summed E-state index contributed by atoms with van der Waals surface area (Å²) in [6.45, 7) is 1.62. The van der Waals surface area contributed by atoms with Gasteiger partial charge in [-0.2, -0.15) is 0 Å². The van der Waals surface area contributed by atoms with E-state index < -0.39 is 7.27 Å². The summed E-state index contributed by atoms with van der Waals surface area (Å²) in [6, 6.07) is 0. The first-order valence-corrected chi connectivity index (χ1v) is 2.77. The molecule has 0 aliphatic rings. The molecule has 2 nitrogen and oxygen atoms in total. The van der Waals surface area contributed by atoms with E-state index in [0.717, 1.165) is 6.20 Å². The highest BCUT2D eigenvalue weighted by atomic mass is 19.2. The molecule has 1 aromatic rings. The summed E-state index contributed by atoms with van der Waals surface area (Å²) >= 11 is 0. The molecule has 52 valence electrons. The molecule has 0 unspecified atom stereocenters. The van der Waals surface area contributed by atoms with Crippen molar-refractivity contribution in [1.82, 2.24) is 9.97 Å². The molecule has 1 rings (SSSR count). The molecule has 0 radical (unpaired) electrons. The largest absolute Gasteiger partial charge is 0.592 e. The van der Waals surface area contributed by atoms with E-state index in [-0.39, 0.29) is 5.59 Å². The fourth-order valence-electron chi connectivity index (χ4n) is 0.588. The Labute approximate surface area is 57.5 Å². The van der Waals surface area contributed by atoms with Crippen LogP contribution < -0.4 is 5.59 Å². The summed E-state index contributed by atoms with van der Waals surface area (Å²) in [4.78, 5) is 7.12. The van der Waals surface area contributed by atoms with Gasteiger partial charge in [-0.25, -0.2) is 0 Å². The van der Waals surface area contributed by atoms with Gasteiger partial charge in [0, 0.05) is 12.4 Å². The molecular formula is C5H5BF2N2. The normalized spacial score (nSPS) is 9.50.